The van der Waals surface area contributed by atoms with Gasteiger partial charge in [-0.1, -0.05) is 0 Å². The molecule has 0 radical (unpaired) electrons. The molecule has 1 aromatic carbocycles. The van der Waals surface area contributed by atoms with Crippen molar-refractivity contribution in [1.29, 1.82) is 5.26 Å². The van der Waals surface area contributed by atoms with Crippen molar-refractivity contribution in [2.75, 3.05) is 11.9 Å². The monoisotopic (exact) mass is 468 g/mol. The highest BCUT2D eigenvalue weighted by molar-refractivity contribution is 6.05. The fourth-order valence-electron chi connectivity index (χ4n) is 4.70. The number of hydrogen-bond acceptors (Lipinski definition) is 7. The molecule has 9 nitrogen and oxygen atoms in total. The van der Waals surface area contributed by atoms with E-state index >= 15 is 0 Å². The average molecular weight is 469 g/mol. The summed E-state index contributed by atoms with van der Waals surface area (Å²) in [6.45, 7) is 4.87. The van der Waals surface area contributed by atoms with Gasteiger partial charge in [0.1, 0.15) is 17.7 Å². The van der Waals surface area contributed by atoms with E-state index in [-0.39, 0.29) is 22.0 Å². The van der Waals surface area contributed by atoms with Crippen molar-refractivity contribution >= 4 is 23.8 Å². The predicted octanol–water partition coefficient (Wildman–Crippen LogP) is 3.63. The number of benzene rings is 1. The van der Waals surface area contributed by atoms with Gasteiger partial charge in [-0.3, -0.25) is 9.79 Å². The van der Waals surface area contributed by atoms with E-state index in [0.717, 1.165) is 29.8 Å². The average Bonchev–Trinajstić information content (AvgIpc) is 3.16. The minimum absolute atomic E-state index is 0.0625. The number of allylic oxidation sites excluding steroid dienone is 2. The maximum atomic E-state index is 12.7. The third-order valence-electron chi connectivity index (χ3n) is 6.44. The van der Waals surface area contributed by atoms with Gasteiger partial charge in [-0.05, 0) is 63.1 Å². The molecule has 5 rings (SSSR count). The molecule has 1 fully saturated rings. The predicted molar refractivity (Wildman–Crippen MR) is 132 cm³/mol. The van der Waals surface area contributed by atoms with Crippen molar-refractivity contribution in [1.82, 2.24) is 4.98 Å². The summed E-state index contributed by atoms with van der Waals surface area (Å²) in [7, 11) is 0. The molecule has 2 unspecified atom stereocenters. The Morgan fingerprint density at radius 3 is 2.83 bits per heavy atom. The SMILES string of the molecule is CC1(C)CC(C2=C3C=NC=C[N+]3(N)C(c3ccc(C(=O)Nc4cc(C#N)ccn4)cc3)=N2)CCO1. The van der Waals surface area contributed by atoms with Crippen molar-refractivity contribution in [3.8, 4) is 6.07 Å². The maximum absolute atomic E-state index is 12.7. The normalized spacial score (nSPS) is 24.5. The highest BCUT2D eigenvalue weighted by atomic mass is 16.5. The van der Waals surface area contributed by atoms with Crippen LogP contribution in [-0.4, -0.2) is 39.7 Å². The zero-order valence-corrected chi connectivity index (χ0v) is 19.6. The number of amides is 1. The lowest BCUT2D eigenvalue weighted by Crippen LogP contribution is -2.53. The Kier molecular flexibility index (Phi) is 5.65. The third kappa shape index (κ3) is 4.31. The first-order valence-electron chi connectivity index (χ1n) is 11.4. The zero-order valence-electron chi connectivity index (χ0n) is 19.6. The second-order valence-corrected chi connectivity index (χ2v) is 9.43. The summed E-state index contributed by atoms with van der Waals surface area (Å²) in [5, 5.41) is 11.8. The second-order valence-electron chi connectivity index (χ2n) is 9.43. The summed E-state index contributed by atoms with van der Waals surface area (Å²) < 4.78 is 5.84. The van der Waals surface area contributed by atoms with Crippen LogP contribution in [0.1, 0.15) is 48.2 Å². The van der Waals surface area contributed by atoms with Crippen LogP contribution in [0.5, 0.6) is 0 Å². The Balaban J connectivity index is 1.41. The van der Waals surface area contributed by atoms with Gasteiger partial charge in [-0.25, -0.2) is 4.98 Å². The standard InChI is InChI=1S/C26H25N7O2/c1-26(2)14-20(8-12-35-26)23-21-16-29-10-11-33(21,28)24(32-23)18-3-5-19(6-4-18)25(34)31-22-13-17(15-27)7-9-30-22/h3-7,9-11,13,16,20H,8,12,14,28H2,1-2H3/p+1. The largest absolute Gasteiger partial charge is 0.376 e. The van der Waals surface area contributed by atoms with Gasteiger partial charge in [0.2, 0.25) is 5.70 Å². The van der Waals surface area contributed by atoms with Crippen LogP contribution in [0, 0.1) is 17.2 Å². The number of hydrogen-bond donors (Lipinski definition) is 2. The van der Waals surface area contributed by atoms with Gasteiger partial charge < -0.3 is 10.1 Å². The molecule has 1 amide bonds. The van der Waals surface area contributed by atoms with Crippen LogP contribution in [0.25, 0.3) is 0 Å². The maximum Gasteiger partial charge on any atom is 0.264 e. The number of pyridine rings is 1. The van der Waals surface area contributed by atoms with Crippen molar-refractivity contribution < 1.29 is 14.1 Å². The van der Waals surface area contributed by atoms with E-state index in [1.807, 2.05) is 24.4 Å². The lowest BCUT2D eigenvalue weighted by molar-refractivity contribution is -0.750. The van der Waals surface area contributed by atoms with E-state index in [0.29, 0.717) is 29.4 Å². The van der Waals surface area contributed by atoms with E-state index in [9.17, 15) is 4.79 Å². The number of anilines is 1. The van der Waals surface area contributed by atoms with Gasteiger partial charge in [0, 0.05) is 24.3 Å². The molecule has 9 heteroatoms. The topological polar surface area (TPSA) is 126 Å². The van der Waals surface area contributed by atoms with E-state index in [1.54, 1.807) is 30.6 Å². The summed E-state index contributed by atoms with van der Waals surface area (Å²) in [6.07, 6.45) is 8.49. The first kappa shape index (κ1) is 22.8. The van der Waals surface area contributed by atoms with Crippen LogP contribution >= 0.6 is 0 Å². The van der Waals surface area contributed by atoms with Gasteiger partial charge >= 0.3 is 0 Å². The number of aromatic nitrogens is 1. The number of nitrogens with one attached hydrogen (secondary N) is 1. The van der Waals surface area contributed by atoms with E-state index in [2.05, 4.69) is 29.1 Å². The van der Waals surface area contributed by atoms with Gasteiger partial charge in [0.15, 0.2) is 0 Å². The number of carbonyl (C=O) groups excluding carboxylic acids is 1. The van der Waals surface area contributed by atoms with Gasteiger partial charge in [0.25, 0.3) is 11.7 Å². The zero-order chi connectivity index (χ0) is 24.6. The molecule has 35 heavy (non-hydrogen) atoms. The lowest BCUT2D eigenvalue weighted by Gasteiger charge is -2.35. The summed E-state index contributed by atoms with van der Waals surface area (Å²) in [5.41, 5.74) is 3.26. The first-order valence-corrected chi connectivity index (χ1v) is 11.4. The molecule has 3 aliphatic heterocycles. The van der Waals surface area contributed by atoms with E-state index < -0.39 is 0 Å². The summed E-state index contributed by atoms with van der Waals surface area (Å²) in [5.74, 6) is 7.75. The van der Waals surface area contributed by atoms with Crippen LogP contribution in [0.2, 0.25) is 0 Å². The Hall–Kier alpha value is -3.97. The molecule has 1 aromatic heterocycles. The van der Waals surface area contributed by atoms with Gasteiger partial charge in [0.05, 0.1) is 35.2 Å². The molecule has 3 N–H and O–H groups in total. The summed E-state index contributed by atoms with van der Waals surface area (Å²) >= 11 is 0. The number of rotatable bonds is 4. The fraction of sp³-hybridized carbons (Fsp3) is 0.269. The smallest absolute Gasteiger partial charge is 0.264 e. The Bertz CT molecular complexity index is 1350. The van der Waals surface area contributed by atoms with Crippen molar-refractivity contribution in [2.45, 2.75) is 32.3 Å². The summed E-state index contributed by atoms with van der Waals surface area (Å²) in [4.78, 5) is 26.2. The number of nitrogens with zero attached hydrogens (tertiary/aromatic N) is 5. The molecule has 3 aliphatic rings. The van der Waals surface area contributed by atoms with Gasteiger partial charge in [-0.2, -0.15) is 16.1 Å². The number of nitriles is 1. The van der Waals surface area contributed by atoms with Crippen LogP contribution in [0.3, 0.4) is 0 Å². The number of amidine groups is 1. The molecule has 4 heterocycles. The number of aliphatic imine (C=N–C) groups is 2. The van der Waals surface area contributed by atoms with Crippen LogP contribution < -0.4 is 11.2 Å². The molecular formula is C26H26N7O2+. The van der Waals surface area contributed by atoms with Crippen molar-refractivity contribution in [2.24, 2.45) is 21.7 Å². The van der Waals surface area contributed by atoms with Crippen molar-refractivity contribution in [3.63, 3.8) is 0 Å². The highest BCUT2D eigenvalue weighted by Crippen LogP contribution is 2.41. The molecule has 0 saturated carbocycles. The third-order valence-corrected chi connectivity index (χ3v) is 6.44. The quantitative estimate of drug-likeness (QED) is 0.523. The molecule has 176 valence electrons. The highest BCUT2D eigenvalue weighted by Gasteiger charge is 2.47. The molecule has 0 aliphatic carbocycles. The first-order chi connectivity index (χ1) is 16.8. The van der Waals surface area contributed by atoms with Crippen LogP contribution in [0.4, 0.5) is 5.82 Å². The van der Waals surface area contributed by atoms with Gasteiger partial charge in [-0.15, -0.1) is 4.59 Å². The van der Waals surface area contributed by atoms with Crippen molar-refractivity contribution in [3.05, 3.63) is 83.1 Å². The van der Waals surface area contributed by atoms with E-state index in [4.69, 9.17) is 20.8 Å². The molecule has 0 bridgehead atoms. The number of ether oxygens (including phenoxy) is 1. The van der Waals surface area contributed by atoms with Crippen LogP contribution in [-0.2, 0) is 4.74 Å². The number of quaternary nitrogens is 1. The molecule has 2 atom stereocenters. The minimum Gasteiger partial charge on any atom is -0.376 e. The molecule has 1 saturated heterocycles. The fourth-order valence-corrected chi connectivity index (χ4v) is 4.70. The molecule has 0 spiro atoms. The second kappa shape index (κ2) is 8.67. The number of fused-ring (bicyclic) bond motifs is 1. The molecule has 2 aromatic rings. The molecular weight excluding hydrogens is 442 g/mol. The lowest BCUT2D eigenvalue weighted by atomic mass is 9.85. The Morgan fingerprint density at radius 1 is 1.29 bits per heavy atom. The minimum atomic E-state index is -0.321. The number of nitrogens with two attached hydrogens (primary N) is 1. The summed E-state index contributed by atoms with van der Waals surface area (Å²) in [6, 6.07) is 12.3. The Labute approximate surface area is 203 Å². The van der Waals surface area contributed by atoms with E-state index in [1.165, 1.54) is 12.3 Å². The van der Waals surface area contributed by atoms with Crippen LogP contribution in [0.15, 0.2) is 76.4 Å². The number of carbonyl (C=O) groups is 1. The Morgan fingerprint density at radius 2 is 2.09 bits per heavy atom.